The van der Waals surface area contributed by atoms with Crippen LogP contribution in [0, 0.1) is 13.8 Å². The van der Waals surface area contributed by atoms with Crippen LogP contribution in [-0.4, -0.2) is 24.5 Å². The maximum atomic E-state index is 12.1. The summed E-state index contributed by atoms with van der Waals surface area (Å²) in [5.41, 5.74) is 3.38. The summed E-state index contributed by atoms with van der Waals surface area (Å²) in [6, 6.07) is 15.9. The number of rotatable bonds is 5. The summed E-state index contributed by atoms with van der Waals surface area (Å²) in [5.74, 6) is 0.715. The summed E-state index contributed by atoms with van der Waals surface area (Å²) in [6.07, 6.45) is 0. The van der Waals surface area contributed by atoms with E-state index in [1.54, 1.807) is 11.9 Å². The van der Waals surface area contributed by atoms with Gasteiger partial charge in [-0.15, -0.1) is 0 Å². The number of likely N-dealkylation sites (N-methyl/N-ethyl adjacent to an activating group) is 1. The van der Waals surface area contributed by atoms with Gasteiger partial charge in [-0.3, -0.25) is 4.79 Å². The normalized spacial score (nSPS) is 10.2. The number of amides is 1. The summed E-state index contributed by atoms with van der Waals surface area (Å²) in [5, 5.41) is 0. The van der Waals surface area contributed by atoms with E-state index in [4.69, 9.17) is 4.74 Å². The third kappa shape index (κ3) is 4.63. The van der Waals surface area contributed by atoms with Gasteiger partial charge in [-0.2, -0.15) is 0 Å². The maximum absolute atomic E-state index is 12.1. The molecule has 0 aliphatic rings. The Morgan fingerprint density at radius 1 is 1.05 bits per heavy atom. The van der Waals surface area contributed by atoms with E-state index >= 15 is 0 Å². The molecule has 0 atom stereocenters. The lowest BCUT2D eigenvalue weighted by molar-refractivity contribution is -0.132. The van der Waals surface area contributed by atoms with Crippen LogP contribution in [0.3, 0.4) is 0 Å². The average Bonchev–Trinajstić information content (AvgIpc) is 2.44. The van der Waals surface area contributed by atoms with Crippen LogP contribution in [-0.2, 0) is 11.3 Å². The van der Waals surface area contributed by atoms with Crippen LogP contribution in [0.4, 0.5) is 0 Å². The van der Waals surface area contributed by atoms with Crippen molar-refractivity contribution in [3.8, 4) is 5.75 Å². The van der Waals surface area contributed by atoms with Crippen LogP contribution in [0.5, 0.6) is 5.75 Å². The molecule has 2 aromatic rings. The Hall–Kier alpha value is -2.29. The Kier molecular flexibility index (Phi) is 4.99. The predicted molar refractivity (Wildman–Crippen MR) is 84.3 cm³/mol. The van der Waals surface area contributed by atoms with Crippen molar-refractivity contribution < 1.29 is 9.53 Å². The zero-order valence-corrected chi connectivity index (χ0v) is 12.8. The van der Waals surface area contributed by atoms with E-state index in [0.29, 0.717) is 6.54 Å². The molecule has 0 spiro atoms. The molecule has 0 saturated carbocycles. The topological polar surface area (TPSA) is 29.5 Å². The van der Waals surface area contributed by atoms with Crippen molar-refractivity contribution in [2.24, 2.45) is 0 Å². The molecule has 0 radical (unpaired) electrons. The standard InChI is InChI=1S/C18H21NO2/c1-14-9-15(2)11-17(10-14)21-13-18(20)19(3)12-16-7-5-4-6-8-16/h4-11H,12-13H2,1-3H3. The second kappa shape index (κ2) is 6.93. The fourth-order valence-corrected chi connectivity index (χ4v) is 2.22. The van der Waals surface area contributed by atoms with Gasteiger partial charge in [0, 0.05) is 13.6 Å². The zero-order valence-electron chi connectivity index (χ0n) is 12.8. The van der Waals surface area contributed by atoms with E-state index < -0.39 is 0 Å². The quantitative estimate of drug-likeness (QED) is 0.842. The second-order valence-corrected chi connectivity index (χ2v) is 5.35. The number of nitrogens with zero attached hydrogens (tertiary/aromatic N) is 1. The van der Waals surface area contributed by atoms with Gasteiger partial charge in [0.25, 0.3) is 5.91 Å². The van der Waals surface area contributed by atoms with Gasteiger partial charge in [0.05, 0.1) is 0 Å². The van der Waals surface area contributed by atoms with Gasteiger partial charge in [-0.1, -0.05) is 36.4 Å². The van der Waals surface area contributed by atoms with E-state index in [1.807, 2.05) is 56.3 Å². The molecular weight excluding hydrogens is 262 g/mol. The first-order chi connectivity index (χ1) is 10.0. The SMILES string of the molecule is Cc1cc(C)cc(OCC(=O)N(C)Cc2ccccc2)c1. The van der Waals surface area contributed by atoms with Gasteiger partial charge in [-0.05, 0) is 42.7 Å². The van der Waals surface area contributed by atoms with Gasteiger partial charge in [-0.25, -0.2) is 0 Å². The lowest BCUT2D eigenvalue weighted by atomic mass is 10.1. The Morgan fingerprint density at radius 2 is 1.67 bits per heavy atom. The molecule has 2 aromatic carbocycles. The molecule has 0 unspecified atom stereocenters. The molecule has 21 heavy (non-hydrogen) atoms. The monoisotopic (exact) mass is 283 g/mol. The van der Waals surface area contributed by atoms with Gasteiger partial charge in [0.1, 0.15) is 5.75 Å². The highest BCUT2D eigenvalue weighted by molar-refractivity contribution is 5.77. The molecule has 0 N–H and O–H groups in total. The lowest BCUT2D eigenvalue weighted by Gasteiger charge is -2.17. The second-order valence-electron chi connectivity index (χ2n) is 5.35. The van der Waals surface area contributed by atoms with Crippen molar-refractivity contribution in [1.82, 2.24) is 4.90 Å². The van der Waals surface area contributed by atoms with Crippen LogP contribution in [0.1, 0.15) is 16.7 Å². The van der Waals surface area contributed by atoms with Crippen LogP contribution in [0.2, 0.25) is 0 Å². The number of hydrogen-bond acceptors (Lipinski definition) is 2. The molecule has 0 aromatic heterocycles. The molecular formula is C18H21NO2. The van der Waals surface area contributed by atoms with Crippen molar-refractivity contribution in [1.29, 1.82) is 0 Å². The van der Waals surface area contributed by atoms with Gasteiger partial charge in [0.2, 0.25) is 0 Å². The number of hydrogen-bond donors (Lipinski definition) is 0. The summed E-state index contributed by atoms with van der Waals surface area (Å²) in [6.45, 7) is 4.69. The number of carbonyl (C=O) groups is 1. The summed E-state index contributed by atoms with van der Waals surface area (Å²) < 4.78 is 5.60. The largest absolute Gasteiger partial charge is 0.484 e. The number of benzene rings is 2. The average molecular weight is 283 g/mol. The van der Waals surface area contributed by atoms with E-state index in [2.05, 4.69) is 6.07 Å². The molecule has 0 aliphatic heterocycles. The molecule has 0 saturated heterocycles. The molecule has 3 heteroatoms. The van der Waals surface area contributed by atoms with Crippen molar-refractivity contribution in [2.45, 2.75) is 20.4 Å². The van der Waals surface area contributed by atoms with Crippen LogP contribution in [0.25, 0.3) is 0 Å². The van der Waals surface area contributed by atoms with E-state index in [1.165, 1.54) is 0 Å². The third-order valence-corrected chi connectivity index (χ3v) is 3.25. The molecule has 0 fully saturated rings. The number of ether oxygens (including phenoxy) is 1. The van der Waals surface area contributed by atoms with Gasteiger partial charge < -0.3 is 9.64 Å². The Morgan fingerprint density at radius 3 is 2.29 bits per heavy atom. The van der Waals surface area contributed by atoms with Crippen LogP contribution < -0.4 is 4.74 Å². The van der Waals surface area contributed by atoms with Crippen LogP contribution >= 0.6 is 0 Å². The first-order valence-electron chi connectivity index (χ1n) is 7.03. The van der Waals surface area contributed by atoms with Crippen molar-refractivity contribution in [2.75, 3.05) is 13.7 Å². The molecule has 0 bridgehead atoms. The molecule has 0 aliphatic carbocycles. The molecule has 2 rings (SSSR count). The van der Waals surface area contributed by atoms with Crippen molar-refractivity contribution in [3.63, 3.8) is 0 Å². The lowest BCUT2D eigenvalue weighted by Crippen LogP contribution is -2.30. The van der Waals surface area contributed by atoms with Gasteiger partial charge >= 0.3 is 0 Å². The minimum Gasteiger partial charge on any atom is -0.484 e. The molecule has 1 amide bonds. The highest BCUT2D eigenvalue weighted by Crippen LogP contribution is 2.16. The Labute approximate surface area is 126 Å². The van der Waals surface area contributed by atoms with E-state index in [0.717, 1.165) is 22.4 Å². The predicted octanol–water partition coefficient (Wildman–Crippen LogP) is 3.34. The number of aryl methyl sites for hydroxylation is 2. The Balaban J connectivity index is 1.89. The maximum Gasteiger partial charge on any atom is 0.260 e. The van der Waals surface area contributed by atoms with Crippen molar-refractivity contribution in [3.05, 3.63) is 65.2 Å². The molecule has 110 valence electrons. The highest BCUT2D eigenvalue weighted by Gasteiger charge is 2.10. The minimum absolute atomic E-state index is 0.0296. The first-order valence-corrected chi connectivity index (χ1v) is 7.03. The van der Waals surface area contributed by atoms with Crippen molar-refractivity contribution >= 4 is 5.91 Å². The third-order valence-electron chi connectivity index (χ3n) is 3.25. The molecule has 0 heterocycles. The zero-order chi connectivity index (χ0) is 15.2. The van der Waals surface area contributed by atoms with E-state index in [9.17, 15) is 4.79 Å². The summed E-state index contributed by atoms with van der Waals surface area (Å²) >= 11 is 0. The van der Waals surface area contributed by atoms with Crippen LogP contribution in [0.15, 0.2) is 48.5 Å². The van der Waals surface area contributed by atoms with Gasteiger partial charge in [0.15, 0.2) is 6.61 Å². The fourth-order valence-electron chi connectivity index (χ4n) is 2.22. The summed E-state index contributed by atoms with van der Waals surface area (Å²) in [7, 11) is 1.79. The Bertz CT molecular complexity index is 588. The minimum atomic E-state index is -0.0296. The molecule has 3 nitrogen and oxygen atoms in total. The fraction of sp³-hybridized carbons (Fsp3) is 0.278. The summed E-state index contributed by atoms with van der Waals surface area (Å²) in [4.78, 5) is 13.8. The first kappa shape index (κ1) is 15.1. The smallest absolute Gasteiger partial charge is 0.260 e. The van der Waals surface area contributed by atoms with E-state index in [-0.39, 0.29) is 12.5 Å². The highest BCUT2D eigenvalue weighted by atomic mass is 16.5. The number of carbonyl (C=O) groups excluding carboxylic acids is 1.